The molecule has 2 rings (SSSR count). The van der Waals surface area contributed by atoms with Crippen LogP contribution in [0.4, 0.5) is 4.79 Å². The fourth-order valence-corrected chi connectivity index (χ4v) is 2.80. The first-order valence-electron chi connectivity index (χ1n) is 6.09. The number of hydrogen-bond acceptors (Lipinski definition) is 3. The molecule has 0 saturated carbocycles. The maximum atomic E-state index is 11.5. The number of carbonyl (C=O) groups is 2. The highest BCUT2D eigenvalue weighted by atomic mass is 35.5. The quantitative estimate of drug-likeness (QED) is 0.717. The van der Waals surface area contributed by atoms with Crippen LogP contribution in [-0.2, 0) is 4.79 Å². The summed E-state index contributed by atoms with van der Waals surface area (Å²) in [5.41, 5.74) is 0. The van der Waals surface area contributed by atoms with Crippen molar-refractivity contribution in [2.45, 2.75) is 37.8 Å². The van der Waals surface area contributed by atoms with Crippen molar-refractivity contribution in [1.82, 2.24) is 15.5 Å². The van der Waals surface area contributed by atoms with Crippen molar-refractivity contribution >= 4 is 23.5 Å². The molecule has 2 N–H and O–H groups in total. The summed E-state index contributed by atoms with van der Waals surface area (Å²) >= 11 is 5.31. The van der Waals surface area contributed by atoms with Crippen LogP contribution in [0.15, 0.2) is 0 Å². The van der Waals surface area contributed by atoms with Gasteiger partial charge in [-0.05, 0) is 32.2 Å². The summed E-state index contributed by atoms with van der Waals surface area (Å²) in [6.45, 7) is 2.23. The molecule has 17 heavy (non-hydrogen) atoms. The lowest BCUT2D eigenvalue weighted by Gasteiger charge is -2.34. The molecule has 0 aromatic carbocycles. The molecule has 0 aromatic heterocycles. The number of alkyl halides is 1. The zero-order valence-electron chi connectivity index (χ0n) is 9.75. The Morgan fingerprint density at radius 3 is 2.88 bits per heavy atom. The first-order chi connectivity index (χ1) is 8.19. The molecule has 0 aliphatic carbocycles. The van der Waals surface area contributed by atoms with E-state index in [0.717, 1.165) is 19.4 Å². The normalized spacial score (nSPS) is 28.5. The fraction of sp³-hybridized carbons (Fsp3) is 0.818. The van der Waals surface area contributed by atoms with E-state index in [1.807, 2.05) is 0 Å². The lowest BCUT2D eigenvalue weighted by Crippen LogP contribution is -2.51. The van der Waals surface area contributed by atoms with E-state index in [4.69, 9.17) is 11.6 Å². The highest BCUT2D eigenvalue weighted by Gasteiger charge is 2.32. The first-order valence-corrected chi connectivity index (χ1v) is 6.63. The van der Waals surface area contributed by atoms with Crippen LogP contribution in [-0.4, -0.2) is 47.9 Å². The number of piperidine rings is 1. The zero-order chi connectivity index (χ0) is 12.3. The molecular formula is C11H18ClN3O2. The zero-order valence-corrected chi connectivity index (χ0v) is 10.5. The van der Waals surface area contributed by atoms with Crippen LogP contribution >= 0.6 is 11.6 Å². The van der Waals surface area contributed by atoms with E-state index >= 15 is 0 Å². The van der Waals surface area contributed by atoms with Crippen LogP contribution in [0.3, 0.4) is 0 Å². The smallest absolute Gasteiger partial charge is 0.321 e. The Labute approximate surface area is 106 Å². The van der Waals surface area contributed by atoms with Gasteiger partial charge in [0.05, 0.1) is 0 Å². The van der Waals surface area contributed by atoms with Crippen molar-refractivity contribution < 1.29 is 9.59 Å². The van der Waals surface area contributed by atoms with E-state index < -0.39 is 11.9 Å². The molecule has 2 fully saturated rings. The molecule has 2 aliphatic heterocycles. The number of nitrogens with one attached hydrogen (secondary N) is 2. The predicted octanol–water partition coefficient (Wildman–Crippen LogP) is 0.678. The monoisotopic (exact) mass is 259 g/mol. The molecule has 2 atom stereocenters. The maximum Gasteiger partial charge on any atom is 0.321 e. The van der Waals surface area contributed by atoms with Gasteiger partial charge in [-0.15, -0.1) is 11.6 Å². The van der Waals surface area contributed by atoms with Crippen LogP contribution in [0.1, 0.15) is 25.7 Å². The van der Waals surface area contributed by atoms with Crippen molar-refractivity contribution in [3.8, 4) is 0 Å². The Balaban J connectivity index is 1.76. The second kappa shape index (κ2) is 5.69. The maximum absolute atomic E-state index is 11.5. The van der Waals surface area contributed by atoms with Crippen LogP contribution in [0.5, 0.6) is 0 Å². The van der Waals surface area contributed by atoms with Crippen LogP contribution in [0.2, 0.25) is 0 Å². The number of halogens is 1. The van der Waals surface area contributed by atoms with Crippen molar-refractivity contribution in [1.29, 1.82) is 0 Å². The number of amides is 3. The van der Waals surface area contributed by atoms with E-state index in [1.54, 1.807) is 0 Å². The van der Waals surface area contributed by atoms with Crippen molar-refractivity contribution in [3.05, 3.63) is 0 Å². The molecule has 0 radical (unpaired) electrons. The second-order valence-electron chi connectivity index (χ2n) is 4.71. The van der Waals surface area contributed by atoms with Gasteiger partial charge in [-0.2, -0.15) is 0 Å². The van der Waals surface area contributed by atoms with Crippen LogP contribution < -0.4 is 10.6 Å². The largest absolute Gasteiger partial charge is 0.335 e. The van der Waals surface area contributed by atoms with Crippen LogP contribution in [0.25, 0.3) is 0 Å². The highest BCUT2D eigenvalue weighted by molar-refractivity contribution is 6.28. The summed E-state index contributed by atoms with van der Waals surface area (Å²) in [5, 5.41) is 5.04. The Morgan fingerprint density at radius 2 is 2.12 bits per heavy atom. The van der Waals surface area contributed by atoms with Gasteiger partial charge in [-0.25, -0.2) is 4.79 Å². The van der Waals surface area contributed by atoms with Crippen molar-refractivity contribution in [2.24, 2.45) is 0 Å². The highest BCUT2D eigenvalue weighted by Crippen LogP contribution is 2.26. The number of imide groups is 1. The minimum atomic E-state index is -0.456. The molecule has 0 spiro atoms. The van der Waals surface area contributed by atoms with Gasteiger partial charge in [0.1, 0.15) is 5.88 Å². The van der Waals surface area contributed by atoms with Gasteiger partial charge in [0, 0.05) is 18.6 Å². The van der Waals surface area contributed by atoms with E-state index in [0.29, 0.717) is 6.04 Å². The minimum absolute atomic E-state index is 0.178. The van der Waals surface area contributed by atoms with Gasteiger partial charge in [0.2, 0.25) is 5.91 Å². The number of carbonyl (C=O) groups excluding carboxylic acids is 2. The summed E-state index contributed by atoms with van der Waals surface area (Å²) in [5.74, 6) is -0.642. The Morgan fingerprint density at radius 1 is 1.29 bits per heavy atom. The Hall–Kier alpha value is -0.810. The van der Waals surface area contributed by atoms with Gasteiger partial charge in [0.15, 0.2) is 0 Å². The lowest BCUT2D eigenvalue weighted by atomic mass is 9.98. The van der Waals surface area contributed by atoms with Gasteiger partial charge < -0.3 is 10.2 Å². The average molecular weight is 260 g/mol. The van der Waals surface area contributed by atoms with E-state index in [9.17, 15) is 9.59 Å². The third kappa shape index (κ3) is 3.33. The number of rotatable bonds is 2. The molecular weight excluding hydrogens is 242 g/mol. The first kappa shape index (κ1) is 12.6. The van der Waals surface area contributed by atoms with E-state index in [2.05, 4.69) is 15.5 Å². The molecule has 2 unspecified atom stereocenters. The average Bonchev–Trinajstić information content (AvgIpc) is 2.75. The third-order valence-corrected chi connectivity index (χ3v) is 3.77. The van der Waals surface area contributed by atoms with Crippen molar-refractivity contribution in [2.75, 3.05) is 19.0 Å². The Kier molecular flexibility index (Phi) is 4.23. The topological polar surface area (TPSA) is 61.4 Å². The molecule has 6 heteroatoms. The van der Waals surface area contributed by atoms with Gasteiger partial charge in [-0.3, -0.25) is 10.1 Å². The lowest BCUT2D eigenvalue weighted by molar-refractivity contribution is -0.117. The molecule has 96 valence electrons. The molecule has 0 bridgehead atoms. The van der Waals surface area contributed by atoms with Gasteiger partial charge >= 0.3 is 6.03 Å². The summed E-state index contributed by atoms with van der Waals surface area (Å²) in [6, 6.07) is 0.363. The summed E-state index contributed by atoms with van der Waals surface area (Å²) in [6.07, 6.45) is 4.43. The third-order valence-electron chi connectivity index (χ3n) is 3.53. The molecule has 2 saturated heterocycles. The van der Waals surface area contributed by atoms with Crippen LogP contribution in [0, 0.1) is 0 Å². The van der Waals surface area contributed by atoms with E-state index in [-0.39, 0.29) is 11.9 Å². The number of hydrogen-bond donors (Lipinski definition) is 2. The summed E-state index contributed by atoms with van der Waals surface area (Å²) in [7, 11) is 0. The molecule has 2 aliphatic rings. The van der Waals surface area contributed by atoms with Gasteiger partial charge in [0.25, 0.3) is 0 Å². The molecule has 5 nitrogen and oxygen atoms in total. The minimum Gasteiger partial charge on any atom is -0.335 e. The number of nitrogens with zero attached hydrogens (tertiary/aromatic N) is 1. The Bertz CT molecular complexity index is 311. The fourth-order valence-electron chi connectivity index (χ4n) is 2.74. The predicted molar refractivity (Wildman–Crippen MR) is 65.0 cm³/mol. The number of urea groups is 1. The molecule has 2 heterocycles. The SMILES string of the molecule is O=C(CCl)NC(=O)NC1CCN2CCCC2C1. The second-order valence-corrected chi connectivity index (χ2v) is 4.98. The van der Waals surface area contributed by atoms with Crippen molar-refractivity contribution in [3.63, 3.8) is 0 Å². The summed E-state index contributed by atoms with van der Waals surface area (Å²) < 4.78 is 0. The molecule has 3 amide bonds. The number of fused-ring (bicyclic) bond motifs is 1. The van der Waals surface area contributed by atoms with E-state index in [1.165, 1.54) is 19.4 Å². The van der Waals surface area contributed by atoms with Gasteiger partial charge in [-0.1, -0.05) is 0 Å². The standard InChI is InChI=1S/C11H18ClN3O2/c12-7-10(16)14-11(17)13-8-3-5-15-4-1-2-9(15)6-8/h8-9H,1-7H2,(H2,13,14,16,17). The molecule has 0 aromatic rings. The summed E-state index contributed by atoms with van der Waals surface area (Å²) in [4.78, 5) is 24.9.